The van der Waals surface area contributed by atoms with Crippen LogP contribution < -0.4 is 11.1 Å². The van der Waals surface area contributed by atoms with Gasteiger partial charge in [-0.15, -0.1) is 0 Å². The van der Waals surface area contributed by atoms with E-state index in [1.807, 2.05) is 0 Å². The van der Waals surface area contributed by atoms with Crippen LogP contribution in [-0.2, 0) is 32.7 Å². The van der Waals surface area contributed by atoms with Gasteiger partial charge in [-0.05, 0) is 6.54 Å². The zero-order valence-electron chi connectivity index (χ0n) is 5.19. The molecule has 3 heteroatoms. The first-order valence-electron chi connectivity index (χ1n) is 2.62. The van der Waals surface area contributed by atoms with Crippen molar-refractivity contribution >= 4 is 0 Å². The fourth-order valence-corrected chi connectivity index (χ4v) is 0.352. The molecule has 0 spiro atoms. The van der Waals surface area contributed by atoms with E-state index in [2.05, 4.69) is 12.2 Å². The van der Waals surface area contributed by atoms with E-state index in [0.717, 1.165) is 26.1 Å². The molecule has 3 N–H and O–H groups in total. The second-order valence-corrected chi connectivity index (χ2v) is 1.39. The minimum atomic E-state index is 0. The van der Waals surface area contributed by atoms with Gasteiger partial charge in [-0.1, -0.05) is 0 Å². The van der Waals surface area contributed by atoms with E-state index in [1.54, 1.807) is 0 Å². The molecule has 0 aliphatic rings. The number of nitrogens with two attached hydrogens (primary N) is 1. The van der Waals surface area contributed by atoms with Crippen molar-refractivity contribution in [3.05, 3.63) is 6.92 Å². The first-order chi connectivity index (χ1) is 3.41. The van der Waals surface area contributed by atoms with E-state index in [-0.39, 0.29) is 32.7 Å². The average Bonchev–Trinajstić information content (AvgIpc) is 1.69. The Balaban J connectivity index is 0. The molecule has 0 saturated heterocycles. The summed E-state index contributed by atoms with van der Waals surface area (Å²) in [5.74, 6) is 0. The Hall–Kier alpha value is 1.02. The van der Waals surface area contributed by atoms with Gasteiger partial charge in [0.15, 0.2) is 0 Å². The van der Waals surface area contributed by atoms with Crippen LogP contribution in [0.2, 0.25) is 0 Å². The van der Waals surface area contributed by atoms with Crippen molar-refractivity contribution in [1.29, 1.82) is 0 Å². The Morgan fingerprint density at radius 1 is 1.38 bits per heavy atom. The van der Waals surface area contributed by atoms with Gasteiger partial charge in [-0.3, -0.25) is 0 Å². The van der Waals surface area contributed by atoms with Gasteiger partial charge in [-0.25, -0.2) is 0 Å². The summed E-state index contributed by atoms with van der Waals surface area (Å²) in [7, 11) is 0. The fourth-order valence-electron chi connectivity index (χ4n) is 0.352. The Labute approximate surface area is 76.5 Å². The Bertz CT molecular complexity index is 29.6. The van der Waals surface area contributed by atoms with E-state index in [4.69, 9.17) is 5.73 Å². The van der Waals surface area contributed by atoms with E-state index in [9.17, 15) is 0 Å². The van der Waals surface area contributed by atoms with Crippen LogP contribution in [0.4, 0.5) is 0 Å². The second kappa shape index (κ2) is 10.9. The largest absolute Gasteiger partial charge is 0.342 e. The van der Waals surface area contributed by atoms with Gasteiger partial charge in [0.1, 0.15) is 0 Å². The maximum Gasteiger partial charge on any atom is 0.00734 e. The third kappa shape index (κ3) is 10.1. The summed E-state index contributed by atoms with van der Waals surface area (Å²) in [6.45, 7) is 6.27. The summed E-state index contributed by atoms with van der Waals surface area (Å²) in [6, 6.07) is 0. The van der Waals surface area contributed by atoms with Gasteiger partial charge >= 0.3 is 0 Å². The van der Waals surface area contributed by atoms with Crippen LogP contribution in [-0.4, -0.2) is 19.6 Å². The number of nitrogens with one attached hydrogen (secondary N) is 1. The second-order valence-electron chi connectivity index (χ2n) is 1.39. The van der Waals surface area contributed by atoms with Crippen molar-refractivity contribution in [2.45, 2.75) is 6.42 Å². The SMILES string of the molecule is [CH2-]CCNCCN.[Y]. The van der Waals surface area contributed by atoms with Crippen LogP contribution >= 0.6 is 0 Å². The quantitative estimate of drug-likeness (QED) is 0.474. The molecule has 0 atom stereocenters. The Morgan fingerprint density at radius 2 is 2.00 bits per heavy atom. The molecule has 0 aromatic rings. The maximum absolute atomic E-state index is 5.19. The van der Waals surface area contributed by atoms with Crippen molar-refractivity contribution in [2.75, 3.05) is 19.6 Å². The fraction of sp³-hybridized carbons (Fsp3) is 0.800. The molecule has 2 nitrogen and oxygen atoms in total. The Kier molecular flexibility index (Phi) is 16.1. The molecule has 0 rings (SSSR count). The van der Waals surface area contributed by atoms with Crippen LogP contribution in [0.3, 0.4) is 0 Å². The van der Waals surface area contributed by atoms with E-state index in [1.165, 1.54) is 0 Å². The molecule has 0 fully saturated rings. The first kappa shape index (κ1) is 11.8. The van der Waals surface area contributed by atoms with Crippen LogP contribution in [0.1, 0.15) is 6.42 Å². The van der Waals surface area contributed by atoms with E-state index < -0.39 is 0 Å². The van der Waals surface area contributed by atoms with Gasteiger partial charge in [0.2, 0.25) is 0 Å². The van der Waals surface area contributed by atoms with Crippen molar-refractivity contribution in [1.82, 2.24) is 5.32 Å². The summed E-state index contributed by atoms with van der Waals surface area (Å²) >= 11 is 0. The molecule has 0 aliphatic heterocycles. The molecule has 8 heavy (non-hydrogen) atoms. The molecule has 47 valence electrons. The Morgan fingerprint density at radius 3 is 2.38 bits per heavy atom. The molecule has 0 heterocycles. The predicted molar refractivity (Wildman–Crippen MR) is 31.9 cm³/mol. The monoisotopic (exact) mass is 190 g/mol. The molecule has 0 unspecified atom stereocenters. The minimum absolute atomic E-state index is 0. The zero-order chi connectivity index (χ0) is 5.54. The predicted octanol–water partition coefficient (Wildman–Crippen LogP) is -0.244. The normalized spacial score (nSPS) is 8.25. The summed E-state index contributed by atoms with van der Waals surface area (Å²) in [5, 5.41) is 3.10. The average molecular weight is 190 g/mol. The third-order valence-corrected chi connectivity index (χ3v) is 0.675. The van der Waals surface area contributed by atoms with Crippen molar-refractivity contribution in [3.8, 4) is 0 Å². The van der Waals surface area contributed by atoms with Crippen molar-refractivity contribution in [2.24, 2.45) is 5.73 Å². The third-order valence-electron chi connectivity index (χ3n) is 0.675. The van der Waals surface area contributed by atoms with Crippen LogP contribution in [0.25, 0.3) is 0 Å². The number of rotatable bonds is 4. The topological polar surface area (TPSA) is 38.0 Å². The molecular formula is C5H13N2Y-. The number of hydrogen-bond acceptors (Lipinski definition) is 2. The van der Waals surface area contributed by atoms with E-state index in [0.29, 0.717) is 0 Å². The van der Waals surface area contributed by atoms with Gasteiger partial charge in [0.25, 0.3) is 0 Å². The van der Waals surface area contributed by atoms with Crippen LogP contribution in [0, 0.1) is 6.92 Å². The zero-order valence-corrected chi connectivity index (χ0v) is 8.03. The molecule has 0 aromatic carbocycles. The molecule has 0 bridgehead atoms. The molecule has 0 amide bonds. The van der Waals surface area contributed by atoms with Crippen molar-refractivity contribution in [3.63, 3.8) is 0 Å². The van der Waals surface area contributed by atoms with Gasteiger partial charge in [0.05, 0.1) is 0 Å². The maximum atomic E-state index is 5.19. The summed E-state index contributed by atoms with van der Waals surface area (Å²) in [4.78, 5) is 0. The number of hydrogen-bond donors (Lipinski definition) is 2. The molecule has 0 aromatic heterocycles. The standard InChI is InChI=1S/C5H13N2.Y/c1-2-4-7-5-3-6;/h7H,1-6H2;/q-1;. The first-order valence-corrected chi connectivity index (χ1v) is 2.62. The summed E-state index contributed by atoms with van der Waals surface area (Å²) in [5.41, 5.74) is 5.19. The summed E-state index contributed by atoms with van der Waals surface area (Å²) < 4.78 is 0. The van der Waals surface area contributed by atoms with Crippen LogP contribution in [0.15, 0.2) is 0 Å². The molecule has 1 radical (unpaired) electrons. The smallest absolute Gasteiger partial charge is 0.00734 e. The van der Waals surface area contributed by atoms with E-state index >= 15 is 0 Å². The van der Waals surface area contributed by atoms with Crippen molar-refractivity contribution < 1.29 is 32.7 Å². The summed E-state index contributed by atoms with van der Waals surface area (Å²) in [6.07, 6.45) is 0.944. The van der Waals surface area contributed by atoms with Gasteiger partial charge < -0.3 is 18.0 Å². The van der Waals surface area contributed by atoms with Gasteiger partial charge in [0, 0.05) is 45.8 Å². The van der Waals surface area contributed by atoms with Crippen LogP contribution in [0.5, 0.6) is 0 Å². The van der Waals surface area contributed by atoms with Gasteiger partial charge in [-0.2, -0.15) is 6.42 Å². The molecule has 0 aliphatic carbocycles. The molecular weight excluding hydrogens is 177 g/mol. The minimum Gasteiger partial charge on any atom is -0.342 e. The molecule has 0 saturated carbocycles.